The Balaban J connectivity index is 3.76. The van der Waals surface area contributed by atoms with Gasteiger partial charge >= 0.3 is 0 Å². The van der Waals surface area contributed by atoms with Crippen molar-refractivity contribution >= 4 is 0 Å². The molecule has 0 spiro atoms. The van der Waals surface area contributed by atoms with Crippen LogP contribution in [-0.2, 0) is 9.47 Å². The second-order valence-corrected chi connectivity index (χ2v) is 3.95. The first-order valence-electron chi connectivity index (χ1n) is 5.59. The summed E-state index contributed by atoms with van der Waals surface area (Å²) in [6.07, 6.45) is 0. The fourth-order valence-electron chi connectivity index (χ4n) is 1.59. The number of hydrogen-bond acceptors (Lipinski definition) is 4. The zero-order valence-electron chi connectivity index (χ0n) is 10.6. The van der Waals surface area contributed by atoms with Gasteiger partial charge in [0.05, 0.1) is 13.2 Å². The summed E-state index contributed by atoms with van der Waals surface area (Å²) in [5.41, 5.74) is 0. The van der Waals surface area contributed by atoms with Crippen molar-refractivity contribution < 1.29 is 9.47 Å². The van der Waals surface area contributed by atoms with Gasteiger partial charge in [0.1, 0.15) is 0 Å². The standard InChI is InChI=1S/C11H26N2O2/c1-11(9-12-2)10-13(5-7-14-3)6-8-15-4/h11-12H,5-10H2,1-4H3. The lowest BCUT2D eigenvalue weighted by Crippen LogP contribution is -2.36. The Kier molecular flexibility index (Phi) is 10.3. The molecule has 0 heterocycles. The van der Waals surface area contributed by atoms with Gasteiger partial charge in [0.15, 0.2) is 0 Å². The molecule has 1 N–H and O–H groups in total. The van der Waals surface area contributed by atoms with Crippen LogP contribution in [0.3, 0.4) is 0 Å². The lowest BCUT2D eigenvalue weighted by Gasteiger charge is -2.25. The fraction of sp³-hybridized carbons (Fsp3) is 1.00. The topological polar surface area (TPSA) is 33.7 Å². The second-order valence-electron chi connectivity index (χ2n) is 3.95. The molecule has 0 bridgehead atoms. The van der Waals surface area contributed by atoms with E-state index in [2.05, 4.69) is 17.1 Å². The van der Waals surface area contributed by atoms with E-state index in [1.54, 1.807) is 14.2 Å². The van der Waals surface area contributed by atoms with Crippen LogP contribution in [0.15, 0.2) is 0 Å². The highest BCUT2D eigenvalue weighted by Gasteiger charge is 2.09. The molecule has 4 heteroatoms. The number of methoxy groups -OCH3 is 2. The average Bonchev–Trinajstić information content (AvgIpc) is 2.22. The van der Waals surface area contributed by atoms with Gasteiger partial charge in [-0.3, -0.25) is 4.90 Å². The zero-order valence-corrected chi connectivity index (χ0v) is 10.6. The van der Waals surface area contributed by atoms with Crippen LogP contribution in [0.4, 0.5) is 0 Å². The summed E-state index contributed by atoms with van der Waals surface area (Å²) < 4.78 is 10.2. The van der Waals surface area contributed by atoms with Crippen LogP contribution in [0.2, 0.25) is 0 Å². The zero-order chi connectivity index (χ0) is 11.5. The lowest BCUT2D eigenvalue weighted by atomic mass is 10.1. The monoisotopic (exact) mass is 218 g/mol. The Labute approximate surface area is 93.9 Å². The van der Waals surface area contributed by atoms with Crippen LogP contribution in [-0.4, -0.2) is 65.6 Å². The largest absolute Gasteiger partial charge is 0.383 e. The molecule has 0 saturated carbocycles. The SMILES string of the molecule is CNCC(C)CN(CCOC)CCOC. The summed E-state index contributed by atoms with van der Waals surface area (Å²) in [4.78, 5) is 2.38. The molecule has 0 aliphatic rings. The normalized spacial score (nSPS) is 13.4. The first-order chi connectivity index (χ1) is 7.24. The predicted molar refractivity (Wildman–Crippen MR) is 63.3 cm³/mol. The Morgan fingerprint density at radius 2 is 1.67 bits per heavy atom. The van der Waals surface area contributed by atoms with Crippen molar-refractivity contribution in [3.05, 3.63) is 0 Å². The molecule has 4 nitrogen and oxygen atoms in total. The highest BCUT2D eigenvalue weighted by atomic mass is 16.5. The third kappa shape index (κ3) is 8.81. The van der Waals surface area contributed by atoms with Crippen LogP contribution in [0.1, 0.15) is 6.92 Å². The molecule has 0 radical (unpaired) electrons. The van der Waals surface area contributed by atoms with Gasteiger partial charge in [-0.2, -0.15) is 0 Å². The minimum atomic E-state index is 0.656. The molecule has 0 fully saturated rings. The van der Waals surface area contributed by atoms with Gasteiger partial charge in [-0.1, -0.05) is 6.92 Å². The van der Waals surface area contributed by atoms with E-state index in [0.717, 1.165) is 39.4 Å². The van der Waals surface area contributed by atoms with Gasteiger partial charge in [-0.15, -0.1) is 0 Å². The second kappa shape index (κ2) is 10.4. The molecule has 0 rings (SSSR count). The van der Waals surface area contributed by atoms with Gasteiger partial charge in [-0.05, 0) is 19.5 Å². The van der Waals surface area contributed by atoms with E-state index in [0.29, 0.717) is 5.92 Å². The summed E-state index contributed by atoms with van der Waals surface area (Å²) in [7, 11) is 5.47. The first-order valence-corrected chi connectivity index (χ1v) is 5.59. The highest BCUT2D eigenvalue weighted by molar-refractivity contribution is 4.64. The molecule has 15 heavy (non-hydrogen) atoms. The van der Waals surface area contributed by atoms with Crippen LogP contribution < -0.4 is 5.32 Å². The third-order valence-corrected chi connectivity index (χ3v) is 2.35. The van der Waals surface area contributed by atoms with E-state index in [1.807, 2.05) is 7.05 Å². The van der Waals surface area contributed by atoms with Crippen molar-refractivity contribution in [1.82, 2.24) is 10.2 Å². The van der Waals surface area contributed by atoms with Crippen LogP contribution >= 0.6 is 0 Å². The van der Waals surface area contributed by atoms with Crippen molar-refractivity contribution in [2.45, 2.75) is 6.92 Å². The number of rotatable bonds is 10. The summed E-state index contributed by atoms with van der Waals surface area (Å²) >= 11 is 0. The minimum Gasteiger partial charge on any atom is -0.383 e. The van der Waals surface area contributed by atoms with Gasteiger partial charge in [0.25, 0.3) is 0 Å². The maximum Gasteiger partial charge on any atom is 0.0589 e. The molecule has 0 aromatic heterocycles. The Morgan fingerprint density at radius 1 is 1.13 bits per heavy atom. The van der Waals surface area contributed by atoms with Crippen molar-refractivity contribution in [1.29, 1.82) is 0 Å². The number of ether oxygens (including phenoxy) is 2. The Morgan fingerprint density at radius 3 is 2.07 bits per heavy atom. The molecule has 92 valence electrons. The van der Waals surface area contributed by atoms with Crippen LogP contribution in [0.5, 0.6) is 0 Å². The molecular weight excluding hydrogens is 192 g/mol. The smallest absolute Gasteiger partial charge is 0.0589 e. The van der Waals surface area contributed by atoms with E-state index in [4.69, 9.17) is 9.47 Å². The van der Waals surface area contributed by atoms with Gasteiger partial charge < -0.3 is 14.8 Å². The molecule has 0 aromatic carbocycles. The van der Waals surface area contributed by atoms with E-state index < -0.39 is 0 Å². The Bertz CT molecular complexity index is 126. The number of nitrogens with one attached hydrogen (secondary N) is 1. The van der Waals surface area contributed by atoms with Crippen molar-refractivity contribution in [3.8, 4) is 0 Å². The summed E-state index contributed by atoms with van der Waals surface area (Å²) in [5, 5.41) is 3.20. The molecule has 0 aliphatic heterocycles. The molecule has 1 unspecified atom stereocenters. The molecule has 0 aliphatic carbocycles. The van der Waals surface area contributed by atoms with Gasteiger partial charge in [-0.25, -0.2) is 0 Å². The van der Waals surface area contributed by atoms with Crippen molar-refractivity contribution in [2.75, 3.05) is 60.7 Å². The van der Waals surface area contributed by atoms with Crippen LogP contribution in [0.25, 0.3) is 0 Å². The molecule has 0 amide bonds. The average molecular weight is 218 g/mol. The molecule has 1 atom stereocenters. The molecule has 0 saturated heterocycles. The molecule has 0 aromatic rings. The summed E-state index contributed by atoms with van der Waals surface area (Å²) in [6.45, 7) is 7.93. The molecular formula is C11H26N2O2. The Hall–Kier alpha value is -0.160. The third-order valence-electron chi connectivity index (χ3n) is 2.35. The minimum absolute atomic E-state index is 0.656. The fourth-order valence-corrected chi connectivity index (χ4v) is 1.59. The van der Waals surface area contributed by atoms with E-state index in [-0.39, 0.29) is 0 Å². The quantitative estimate of drug-likeness (QED) is 0.577. The van der Waals surface area contributed by atoms with Crippen molar-refractivity contribution in [2.24, 2.45) is 5.92 Å². The van der Waals surface area contributed by atoms with E-state index in [9.17, 15) is 0 Å². The predicted octanol–water partition coefficient (Wildman–Crippen LogP) is 0.437. The van der Waals surface area contributed by atoms with Gasteiger partial charge in [0.2, 0.25) is 0 Å². The highest BCUT2D eigenvalue weighted by Crippen LogP contribution is 1.98. The number of hydrogen-bond donors (Lipinski definition) is 1. The van der Waals surface area contributed by atoms with Crippen molar-refractivity contribution in [3.63, 3.8) is 0 Å². The lowest BCUT2D eigenvalue weighted by molar-refractivity contribution is 0.105. The number of nitrogens with zero attached hydrogens (tertiary/aromatic N) is 1. The maximum atomic E-state index is 5.10. The summed E-state index contributed by atoms with van der Waals surface area (Å²) in [5.74, 6) is 0.656. The van der Waals surface area contributed by atoms with Crippen LogP contribution in [0, 0.1) is 5.92 Å². The van der Waals surface area contributed by atoms with E-state index in [1.165, 1.54) is 0 Å². The maximum absolute atomic E-state index is 5.10. The van der Waals surface area contributed by atoms with Gasteiger partial charge in [0, 0.05) is 33.9 Å². The van der Waals surface area contributed by atoms with E-state index >= 15 is 0 Å². The summed E-state index contributed by atoms with van der Waals surface area (Å²) in [6, 6.07) is 0. The first kappa shape index (κ1) is 14.8.